The number of halogens is 3. The number of aromatic nitrogens is 8. The second-order valence-corrected chi connectivity index (χ2v) is 40.3. The normalized spacial score (nSPS) is 11.7. The summed E-state index contributed by atoms with van der Waals surface area (Å²) in [5, 5.41) is 3.57. The molecular weight excluding hydrogens is 829 g/mol. The van der Waals surface area contributed by atoms with E-state index in [1.54, 1.807) is 0 Å². The third-order valence-electron chi connectivity index (χ3n) is 7.33. The topological polar surface area (TPSA) is 106 Å². The van der Waals surface area contributed by atoms with Gasteiger partial charge in [-0.1, -0.05) is 97.1 Å². The van der Waals surface area contributed by atoms with Crippen LogP contribution in [-0.4, -0.2) is 29.9 Å². The zero-order valence-corrected chi connectivity index (χ0v) is 29.4. The number of benzene rings is 4. The minimum atomic E-state index is -1.01. The SMILES string of the molecule is [Br][Nb]([Br])[Br].c1ccc2c(c1)-c1nc-2nc2[n-]c(nc3nc(nc4[n-]c(n1)c1ccccc41)-c1ccccc1-3)c1ccccc21. The molecule has 3 aromatic heterocycles. The number of hydrogen-bond acceptors (Lipinski definition) is 6. The van der Waals surface area contributed by atoms with Crippen molar-refractivity contribution in [2.75, 3.05) is 0 Å². The third kappa shape index (κ3) is 4.93. The molecule has 0 aliphatic carbocycles. The van der Waals surface area contributed by atoms with Crippen LogP contribution >= 0.6 is 39.1 Å². The van der Waals surface area contributed by atoms with E-state index in [-0.39, 0.29) is 0 Å². The van der Waals surface area contributed by atoms with Crippen molar-refractivity contribution in [2.45, 2.75) is 0 Å². The van der Waals surface area contributed by atoms with Crippen LogP contribution in [0.25, 0.3) is 89.7 Å². The molecule has 5 heterocycles. The first-order chi connectivity index (χ1) is 21.5. The minimum Gasteiger partial charge on any atom is -0.357 e. The third-order valence-corrected chi connectivity index (χ3v) is 7.33. The van der Waals surface area contributed by atoms with Crippen molar-refractivity contribution in [3.63, 3.8) is 0 Å². The number of fused-ring (bicyclic) bond motifs is 20. The quantitative estimate of drug-likeness (QED) is 0.140. The maximum absolute atomic E-state index is 4.95. The Morgan fingerprint density at radius 3 is 0.841 bits per heavy atom. The second-order valence-electron chi connectivity index (χ2n) is 9.86. The van der Waals surface area contributed by atoms with E-state index in [1.807, 2.05) is 97.1 Å². The molecule has 212 valence electrons. The molecule has 0 amide bonds. The van der Waals surface area contributed by atoms with Gasteiger partial charge in [-0.15, -0.1) is 0 Å². The Labute approximate surface area is 275 Å². The first kappa shape index (κ1) is 27.9. The predicted octanol–water partition coefficient (Wildman–Crippen LogP) is 8.66. The van der Waals surface area contributed by atoms with Crippen LogP contribution in [0.4, 0.5) is 0 Å². The smallest absolute Gasteiger partial charge is 0.0927 e. The summed E-state index contributed by atoms with van der Waals surface area (Å²) in [4.78, 5) is 39.3. The zero-order chi connectivity index (χ0) is 29.8. The molecule has 0 saturated carbocycles. The Bertz CT molecular complexity index is 2100. The monoisotopic (exact) mass is 842 g/mol. The molecule has 7 aromatic rings. The molecule has 0 spiro atoms. The van der Waals surface area contributed by atoms with Gasteiger partial charge in [-0.3, -0.25) is 0 Å². The number of nitrogens with zero attached hydrogens (tertiary/aromatic N) is 8. The first-order valence-corrected chi connectivity index (χ1v) is 28.5. The fraction of sp³-hybridized carbons (Fsp3) is 0. The predicted molar refractivity (Wildman–Crippen MR) is 181 cm³/mol. The Morgan fingerprint density at radius 2 is 0.591 bits per heavy atom. The van der Waals surface area contributed by atoms with Gasteiger partial charge < -0.3 is 29.9 Å². The van der Waals surface area contributed by atoms with E-state index in [2.05, 4.69) is 39.1 Å². The van der Waals surface area contributed by atoms with E-state index in [0.29, 0.717) is 45.9 Å². The Balaban J connectivity index is 0.000000684. The fourth-order valence-electron chi connectivity index (χ4n) is 5.46. The maximum Gasteiger partial charge on any atom is 0.0927 e. The van der Waals surface area contributed by atoms with E-state index in [0.717, 1.165) is 43.8 Å². The summed E-state index contributed by atoms with van der Waals surface area (Å²) in [6.07, 6.45) is 0. The minimum absolute atomic E-state index is 0.552. The average molecular weight is 845 g/mol. The summed E-state index contributed by atoms with van der Waals surface area (Å²) in [5.74, 6) is 2.21. The van der Waals surface area contributed by atoms with Crippen molar-refractivity contribution >= 4 is 83.2 Å². The fourth-order valence-corrected chi connectivity index (χ4v) is 5.46. The molecule has 2 aliphatic heterocycles. The Hall–Kier alpha value is -3.58. The van der Waals surface area contributed by atoms with Gasteiger partial charge in [0.05, 0.1) is 23.3 Å². The molecule has 8 bridgehead atoms. The second kappa shape index (κ2) is 11.4. The summed E-state index contributed by atoms with van der Waals surface area (Å²) in [7, 11) is 0. The van der Waals surface area contributed by atoms with Gasteiger partial charge >= 0.3 is 51.1 Å². The van der Waals surface area contributed by atoms with Crippen LogP contribution < -0.4 is 9.97 Å². The summed E-state index contributed by atoms with van der Waals surface area (Å²) < 4.78 is 0. The van der Waals surface area contributed by atoms with Crippen molar-refractivity contribution in [1.29, 1.82) is 0 Å². The largest absolute Gasteiger partial charge is 0.357 e. The van der Waals surface area contributed by atoms with Gasteiger partial charge in [0.2, 0.25) is 0 Å². The molecule has 0 N–H and O–H groups in total. The van der Waals surface area contributed by atoms with E-state index in [4.69, 9.17) is 39.9 Å². The summed E-state index contributed by atoms with van der Waals surface area (Å²) in [5.41, 5.74) is 5.78. The number of rotatable bonds is 0. The van der Waals surface area contributed by atoms with E-state index < -0.39 is 12.0 Å². The van der Waals surface area contributed by atoms with Crippen molar-refractivity contribution in [1.82, 2.24) is 39.9 Å². The molecule has 0 fully saturated rings. The zero-order valence-electron chi connectivity index (χ0n) is 22.4. The molecule has 2 aliphatic rings. The van der Waals surface area contributed by atoms with E-state index in [1.165, 1.54) is 0 Å². The van der Waals surface area contributed by atoms with Gasteiger partial charge in [-0.25, -0.2) is 9.97 Å². The van der Waals surface area contributed by atoms with Crippen LogP contribution in [0.5, 0.6) is 0 Å². The van der Waals surface area contributed by atoms with Gasteiger partial charge in [0.25, 0.3) is 0 Å². The Kier molecular flexibility index (Phi) is 7.24. The molecular formula is C32H16Br3N8Nb-2. The first-order valence-electron chi connectivity index (χ1n) is 13.4. The van der Waals surface area contributed by atoms with Crippen molar-refractivity contribution in [2.24, 2.45) is 0 Å². The molecule has 0 unspecified atom stereocenters. The summed E-state index contributed by atoms with van der Waals surface area (Å²) in [6.45, 7) is 0. The molecule has 0 atom stereocenters. The van der Waals surface area contributed by atoms with Crippen molar-refractivity contribution in [3.05, 3.63) is 97.1 Å². The average Bonchev–Trinajstić information content (AvgIpc) is 3.76. The maximum atomic E-state index is 4.95. The van der Waals surface area contributed by atoms with Crippen LogP contribution in [0.2, 0.25) is 0 Å². The van der Waals surface area contributed by atoms with Gasteiger partial charge in [-0.05, 0) is 21.5 Å². The molecule has 12 heteroatoms. The van der Waals surface area contributed by atoms with Crippen LogP contribution in [0.15, 0.2) is 97.1 Å². The molecule has 8 nitrogen and oxygen atoms in total. The summed E-state index contributed by atoms with van der Waals surface area (Å²) >= 11 is 8.85. The molecule has 44 heavy (non-hydrogen) atoms. The van der Waals surface area contributed by atoms with Crippen LogP contribution in [-0.2, 0) is 12.0 Å². The van der Waals surface area contributed by atoms with Crippen LogP contribution in [0, 0.1) is 0 Å². The van der Waals surface area contributed by atoms with Crippen molar-refractivity contribution < 1.29 is 12.0 Å². The van der Waals surface area contributed by atoms with Crippen molar-refractivity contribution in [3.8, 4) is 45.6 Å². The molecule has 0 saturated heterocycles. The standard InChI is InChI=1S/C32H16N8.3BrH.Nb/c1-2-10-18-17(9-1)25-33-26(18)38-28-21-13-5-6-14-22(21)30(35-28)40-32-24-16-8-7-15-23(24)31(36-32)39-29-20-12-4-3-11-19(20)27(34-29)37-25;;;;/h1-16H;3*1H;/q-2;;;;+3/p-3. The van der Waals surface area contributed by atoms with Crippen LogP contribution in [0.3, 0.4) is 0 Å². The Morgan fingerprint density at radius 1 is 0.364 bits per heavy atom. The van der Waals surface area contributed by atoms with E-state index in [9.17, 15) is 0 Å². The number of hydrogen-bond donors (Lipinski definition) is 0. The van der Waals surface area contributed by atoms with Gasteiger partial charge in [0, 0.05) is 44.8 Å². The molecule has 9 rings (SSSR count). The summed E-state index contributed by atoms with van der Waals surface area (Å²) in [6, 6.07) is 31.8. The van der Waals surface area contributed by atoms with Gasteiger partial charge in [0.15, 0.2) is 0 Å². The molecule has 4 aromatic carbocycles. The van der Waals surface area contributed by atoms with Gasteiger partial charge in [0.1, 0.15) is 0 Å². The van der Waals surface area contributed by atoms with Gasteiger partial charge in [-0.2, -0.15) is 0 Å². The molecule has 0 radical (unpaired) electrons. The van der Waals surface area contributed by atoms with E-state index >= 15 is 0 Å². The van der Waals surface area contributed by atoms with Crippen LogP contribution in [0.1, 0.15) is 0 Å².